The number of hydrogen-bond acceptors (Lipinski definition) is 9. The van der Waals surface area contributed by atoms with Gasteiger partial charge in [0.25, 0.3) is 0 Å². The minimum Gasteiger partial charge on any atom is -0.378 e. The number of pyridine rings is 1. The molecule has 10 nitrogen and oxygen atoms in total. The fourth-order valence-corrected chi connectivity index (χ4v) is 5.97. The molecule has 5 heterocycles. The number of benzene rings is 1. The lowest BCUT2D eigenvalue weighted by atomic mass is 9.95. The first-order chi connectivity index (χ1) is 19.8. The third kappa shape index (κ3) is 5.21. The average molecular weight is 541 g/mol. The van der Waals surface area contributed by atoms with Crippen LogP contribution < -0.4 is 15.1 Å². The normalized spacial score (nSPS) is 18.8. The van der Waals surface area contributed by atoms with Crippen LogP contribution >= 0.6 is 0 Å². The average Bonchev–Trinajstić information content (AvgIpc) is 3.47. The number of hydrogen-bond donors (Lipinski definition) is 1. The van der Waals surface area contributed by atoms with Gasteiger partial charge >= 0.3 is 0 Å². The quantitative estimate of drug-likeness (QED) is 0.370. The zero-order valence-electron chi connectivity index (χ0n) is 22.8. The van der Waals surface area contributed by atoms with Crippen molar-refractivity contribution in [1.29, 1.82) is 0 Å². The maximum absolute atomic E-state index is 5.51. The van der Waals surface area contributed by atoms with Crippen molar-refractivity contribution in [2.45, 2.75) is 38.1 Å². The predicted molar refractivity (Wildman–Crippen MR) is 156 cm³/mol. The Morgan fingerprint density at radius 1 is 0.750 bits per heavy atom. The fraction of sp³-hybridized carbons (Fsp3) is 0.467. The van der Waals surface area contributed by atoms with E-state index in [9.17, 15) is 0 Å². The van der Waals surface area contributed by atoms with Gasteiger partial charge in [-0.3, -0.25) is 0 Å². The minimum atomic E-state index is 0.420. The summed E-state index contributed by atoms with van der Waals surface area (Å²) in [7, 11) is 0. The van der Waals surface area contributed by atoms with E-state index < -0.39 is 0 Å². The van der Waals surface area contributed by atoms with Crippen LogP contribution in [0.25, 0.3) is 22.6 Å². The molecule has 3 aromatic heterocycles. The summed E-state index contributed by atoms with van der Waals surface area (Å²) in [5.41, 5.74) is 4.73. The molecule has 0 atom stereocenters. The van der Waals surface area contributed by atoms with Crippen LogP contribution in [0.3, 0.4) is 0 Å². The van der Waals surface area contributed by atoms with E-state index in [2.05, 4.69) is 56.1 Å². The second-order valence-corrected chi connectivity index (χ2v) is 10.8. The van der Waals surface area contributed by atoms with Crippen molar-refractivity contribution in [2.75, 3.05) is 67.7 Å². The number of imidazole rings is 1. The molecule has 0 spiro atoms. The van der Waals surface area contributed by atoms with Gasteiger partial charge in [-0.2, -0.15) is 0 Å². The molecule has 0 unspecified atom stereocenters. The lowest BCUT2D eigenvalue weighted by Gasteiger charge is -2.28. The van der Waals surface area contributed by atoms with E-state index in [1.54, 1.807) is 0 Å². The Kier molecular flexibility index (Phi) is 7.18. The molecular formula is C30H36N8O2. The maximum Gasteiger partial charge on any atom is 0.166 e. The number of morpholine rings is 2. The Morgan fingerprint density at radius 2 is 1.48 bits per heavy atom. The molecule has 0 amide bonds. The molecule has 3 fully saturated rings. The van der Waals surface area contributed by atoms with Crippen molar-refractivity contribution in [2.24, 2.45) is 0 Å². The van der Waals surface area contributed by atoms with Crippen molar-refractivity contribution in [3.05, 3.63) is 48.9 Å². The number of anilines is 4. The molecule has 208 valence electrons. The summed E-state index contributed by atoms with van der Waals surface area (Å²) < 4.78 is 13.3. The highest BCUT2D eigenvalue weighted by Crippen LogP contribution is 2.34. The molecule has 2 saturated heterocycles. The van der Waals surface area contributed by atoms with Crippen molar-refractivity contribution in [3.63, 3.8) is 0 Å². The minimum absolute atomic E-state index is 0.420. The molecule has 7 rings (SSSR count). The molecule has 4 aromatic rings. The van der Waals surface area contributed by atoms with Gasteiger partial charge in [-0.25, -0.2) is 19.9 Å². The molecule has 10 heteroatoms. The number of rotatable bonds is 6. The second kappa shape index (κ2) is 11.4. The molecular weight excluding hydrogens is 504 g/mol. The first kappa shape index (κ1) is 25.2. The van der Waals surface area contributed by atoms with Crippen LogP contribution in [0, 0.1) is 0 Å². The Bertz CT molecular complexity index is 1420. The van der Waals surface area contributed by atoms with Gasteiger partial charge in [0.2, 0.25) is 0 Å². The van der Waals surface area contributed by atoms with Crippen LogP contribution in [0.1, 0.15) is 38.1 Å². The van der Waals surface area contributed by atoms with Crippen molar-refractivity contribution >= 4 is 34.2 Å². The zero-order chi connectivity index (χ0) is 26.7. The zero-order valence-corrected chi connectivity index (χ0v) is 22.8. The first-order valence-electron chi connectivity index (χ1n) is 14.6. The van der Waals surface area contributed by atoms with Crippen LogP contribution in [-0.4, -0.2) is 77.1 Å². The van der Waals surface area contributed by atoms with E-state index in [0.29, 0.717) is 17.7 Å². The van der Waals surface area contributed by atoms with Gasteiger partial charge in [-0.1, -0.05) is 19.3 Å². The summed E-state index contributed by atoms with van der Waals surface area (Å²) >= 11 is 0. The summed E-state index contributed by atoms with van der Waals surface area (Å²) in [6.45, 7) is 6.55. The Hall–Kier alpha value is -3.76. The lowest BCUT2D eigenvalue weighted by Crippen LogP contribution is -2.36. The Labute approximate surface area is 234 Å². The summed E-state index contributed by atoms with van der Waals surface area (Å²) in [4.78, 5) is 24.2. The number of aromatic nitrogens is 5. The monoisotopic (exact) mass is 540 g/mol. The molecule has 0 bridgehead atoms. The van der Waals surface area contributed by atoms with E-state index >= 15 is 0 Å². The van der Waals surface area contributed by atoms with Crippen molar-refractivity contribution in [1.82, 2.24) is 24.5 Å². The number of nitrogens with zero attached hydrogens (tertiary/aromatic N) is 7. The lowest BCUT2D eigenvalue weighted by molar-refractivity contribution is 0.122. The van der Waals surface area contributed by atoms with Gasteiger partial charge in [0.15, 0.2) is 22.8 Å². The third-order valence-electron chi connectivity index (χ3n) is 8.24. The van der Waals surface area contributed by atoms with Crippen LogP contribution in [0.2, 0.25) is 0 Å². The SMILES string of the molecule is c1cc(N2CCOCC2)ccc1Nc1nc(-c2ccc(N3CCOCC3)nc2)nc2c1ncn2C1CCCCC1. The van der Waals surface area contributed by atoms with Crippen molar-refractivity contribution in [3.8, 4) is 11.4 Å². The van der Waals surface area contributed by atoms with Gasteiger partial charge in [0, 0.05) is 55.4 Å². The molecule has 40 heavy (non-hydrogen) atoms. The van der Waals surface area contributed by atoms with Crippen molar-refractivity contribution < 1.29 is 9.47 Å². The topological polar surface area (TPSA) is 93.5 Å². The molecule has 1 saturated carbocycles. The summed E-state index contributed by atoms with van der Waals surface area (Å²) in [6, 6.07) is 13.1. The van der Waals surface area contributed by atoms with Gasteiger partial charge in [-0.05, 0) is 49.2 Å². The highest BCUT2D eigenvalue weighted by atomic mass is 16.5. The molecule has 3 aliphatic rings. The van der Waals surface area contributed by atoms with E-state index in [1.165, 1.54) is 24.9 Å². The second-order valence-electron chi connectivity index (χ2n) is 10.8. The van der Waals surface area contributed by atoms with E-state index in [-0.39, 0.29) is 0 Å². The van der Waals surface area contributed by atoms with Gasteiger partial charge in [0.1, 0.15) is 5.82 Å². The largest absolute Gasteiger partial charge is 0.378 e. The smallest absolute Gasteiger partial charge is 0.166 e. The predicted octanol–water partition coefficient (Wildman–Crippen LogP) is 4.81. The Morgan fingerprint density at radius 3 is 2.17 bits per heavy atom. The number of ether oxygens (including phenoxy) is 2. The van der Waals surface area contributed by atoms with E-state index in [4.69, 9.17) is 29.4 Å². The standard InChI is InChI=1S/C30H36N8O2/c1-2-4-25(5-3-1)38-21-32-27-29(33-23-7-9-24(10-8-23)36-12-16-39-17-13-36)34-28(35-30(27)38)22-6-11-26(31-20-22)37-14-18-40-19-15-37/h6-11,20-21,25H,1-5,12-19H2,(H,33,34,35). The first-order valence-corrected chi connectivity index (χ1v) is 14.6. The van der Waals surface area contributed by atoms with E-state index in [0.717, 1.165) is 93.7 Å². The molecule has 0 radical (unpaired) electrons. The summed E-state index contributed by atoms with van der Waals surface area (Å²) in [6.07, 6.45) is 9.95. The maximum atomic E-state index is 5.51. The van der Waals surface area contributed by atoms with Gasteiger partial charge in [-0.15, -0.1) is 0 Å². The highest BCUT2D eigenvalue weighted by Gasteiger charge is 2.22. The van der Waals surface area contributed by atoms with Gasteiger partial charge in [0.05, 0.1) is 32.8 Å². The fourth-order valence-electron chi connectivity index (χ4n) is 5.97. The summed E-state index contributed by atoms with van der Waals surface area (Å²) in [5.74, 6) is 2.32. The number of nitrogens with one attached hydrogen (secondary N) is 1. The molecule has 1 aliphatic carbocycles. The number of fused-ring (bicyclic) bond motifs is 1. The molecule has 2 aliphatic heterocycles. The van der Waals surface area contributed by atoms with Crippen LogP contribution in [0.4, 0.5) is 23.0 Å². The highest BCUT2D eigenvalue weighted by molar-refractivity contribution is 5.87. The van der Waals surface area contributed by atoms with Crippen LogP contribution in [0.15, 0.2) is 48.9 Å². The van der Waals surface area contributed by atoms with Crippen LogP contribution in [-0.2, 0) is 9.47 Å². The van der Waals surface area contributed by atoms with E-state index in [1.807, 2.05) is 12.5 Å². The third-order valence-corrected chi connectivity index (χ3v) is 8.24. The van der Waals surface area contributed by atoms with Crippen LogP contribution in [0.5, 0.6) is 0 Å². The molecule has 1 aromatic carbocycles. The summed E-state index contributed by atoms with van der Waals surface area (Å²) in [5, 5.41) is 3.55. The molecule has 1 N–H and O–H groups in total. The van der Waals surface area contributed by atoms with Gasteiger partial charge < -0.3 is 29.2 Å². The Balaban J connectivity index is 1.22.